The third-order valence-electron chi connectivity index (χ3n) is 3.33. The first-order valence-corrected chi connectivity index (χ1v) is 8.77. The molecule has 0 aliphatic heterocycles. The summed E-state index contributed by atoms with van der Waals surface area (Å²) in [4.78, 5) is 11.7. The molecule has 0 atom stereocenters. The average molecular weight is 370 g/mol. The van der Waals surface area contributed by atoms with E-state index in [0.717, 1.165) is 17.3 Å². The molecular formula is C15H16ClN3O4S. The van der Waals surface area contributed by atoms with Crippen LogP contribution in [0, 0.1) is 10.1 Å². The van der Waals surface area contributed by atoms with Gasteiger partial charge in [-0.1, -0.05) is 29.8 Å². The Kier molecular flexibility index (Phi) is 5.43. The van der Waals surface area contributed by atoms with E-state index < -0.39 is 25.5 Å². The van der Waals surface area contributed by atoms with E-state index in [0.29, 0.717) is 0 Å². The highest BCUT2D eigenvalue weighted by atomic mass is 35.5. The van der Waals surface area contributed by atoms with Gasteiger partial charge in [-0.3, -0.25) is 10.1 Å². The number of anilines is 1. The highest BCUT2D eigenvalue weighted by Crippen LogP contribution is 2.30. The fraction of sp³-hybridized carbons (Fsp3) is 0.200. The molecule has 0 spiro atoms. The zero-order valence-corrected chi connectivity index (χ0v) is 14.6. The normalized spacial score (nSPS) is 11.3. The Labute approximate surface area is 145 Å². The Morgan fingerprint density at radius 2 is 1.79 bits per heavy atom. The summed E-state index contributed by atoms with van der Waals surface area (Å²) in [5, 5.41) is 10.9. The van der Waals surface area contributed by atoms with Crippen LogP contribution in [0.1, 0.15) is 5.56 Å². The zero-order valence-electron chi connectivity index (χ0n) is 13.1. The summed E-state index contributed by atoms with van der Waals surface area (Å²) in [6.45, 7) is -0.00157. The highest BCUT2D eigenvalue weighted by molar-refractivity contribution is 7.89. The van der Waals surface area contributed by atoms with Crippen molar-refractivity contribution in [2.45, 2.75) is 11.4 Å². The van der Waals surface area contributed by atoms with Crippen molar-refractivity contribution < 1.29 is 13.3 Å². The van der Waals surface area contributed by atoms with Crippen LogP contribution < -0.4 is 9.62 Å². The molecule has 2 aromatic carbocycles. The second kappa shape index (κ2) is 7.16. The van der Waals surface area contributed by atoms with Crippen LogP contribution >= 0.6 is 11.6 Å². The van der Waals surface area contributed by atoms with Crippen LogP contribution in [0.4, 0.5) is 11.4 Å². The molecule has 0 fully saturated rings. The van der Waals surface area contributed by atoms with E-state index >= 15 is 0 Å². The molecule has 7 nitrogen and oxygen atoms in total. The lowest BCUT2D eigenvalue weighted by Gasteiger charge is -2.13. The largest absolute Gasteiger partial charge is 0.378 e. The minimum absolute atomic E-state index is 0.00157. The number of nitro groups is 1. The molecule has 9 heteroatoms. The Balaban J connectivity index is 2.25. The molecule has 24 heavy (non-hydrogen) atoms. The number of halogens is 1. The summed E-state index contributed by atoms with van der Waals surface area (Å²) in [5.41, 5.74) is 1.14. The van der Waals surface area contributed by atoms with Crippen molar-refractivity contribution in [3.05, 3.63) is 63.2 Å². The number of hydrogen-bond acceptors (Lipinski definition) is 5. The van der Waals surface area contributed by atoms with Crippen molar-refractivity contribution in [1.82, 2.24) is 4.72 Å². The van der Waals surface area contributed by atoms with E-state index in [-0.39, 0.29) is 11.6 Å². The SMILES string of the molecule is CN(C)c1ccc(CNS(=O)(=O)c2c(Cl)cccc2[N+](=O)[O-])cc1. The van der Waals surface area contributed by atoms with E-state index in [1.54, 1.807) is 12.1 Å². The first-order chi connectivity index (χ1) is 11.2. The molecule has 0 bridgehead atoms. The van der Waals surface area contributed by atoms with Gasteiger partial charge in [0.2, 0.25) is 10.0 Å². The predicted molar refractivity (Wildman–Crippen MR) is 92.9 cm³/mol. The van der Waals surface area contributed by atoms with Gasteiger partial charge in [0.25, 0.3) is 5.69 Å². The Morgan fingerprint density at radius 1 is 1.17 bits per heavy atom. The topological polar surface area (TPSA) is 92.6 Å². The van der Waals surface area contributed by atoms with Crippen LogP contribution in [-0.2, 0) is 16.6 Å². The monoisotopic (exact) mass is 369 g/mol. The van der Waals surface area contributed by atoms with Crippen molar-refractivity contribution in [1.29, 1.82) is 0 Å². The molecule has 0 aliphatic carbocycles. The fourth-order valence-corrected chi connectivity index (χ4v) is 3.79. The summed E-state index contributed by atoms with van der Waals surface area (Å²) in [5.74, 6) is 0. The van der Waals surface area contributed by atoms with Gasteiger partial charge in [-0.05, 0) is 23.8 Å². The van der Waals surface area contributed by atoms with Crippen molar-refractivity contribution in [2.75, 3.05) is 19.0 Å². The number of nitrogens with one attached hydrogen (secondary N) is 1. The number of nitro benzene ring substituents is 1. The van der Waals surface area contributed by atoms with Gasteiger partial charge >= 0.3 is 0 Å². The maximum Gasteiger partial charge on any atom is 0.290 e. The van der Waals surface area contributed by atoms with Gasteiger partial charge in [0, 0.05) is 32.4 Å². The Morgan fingerprint density at radius 3 is 2.33 bits per heavy atom. The molecule has 0 amide bonds. The summed E-state index contributed by atoms with van der Waals surface area (Å²) < 4.78 is 27.2. The molecule has 128 valence electrons. The van der Waals surface area contributed by atoms with Gasteiger partial charge in [0.15, 0.2) is 4.90 Å². The molecule has 2 aromatic rings. The summed E-state index contributed by atoms with van der Waals surface area (Å²) in [7, 11) is -0.331. The van der Waals surface area contributed by atoms with E-state index in [1.165, 1.54) is 12.1 Å². The van der Waals surface area contributed by atoms with E-state index in [9.17, 15) is 18.5 Å². The van der Waals surface area contributed by atoms with Gasteiger partial charge in [0.1, 0.15) is 0 Å². The Hall–Kier alpha value is -2.16. The van der Waals surface area contributed by atoms with Crippen LogP contribution in [-0.4, -0.2) is 27.4 Å². The molecule has 2 rings (SSSR count). The minimum Gasteiger partial charge on any atom is -0.378 e. The number of rotatable bonds is 6. The first kappa shape index (κ1) is 18.2. The smallest absolute Gasteiger partial charge is 0.290 e. The molecular weight excluding hydrogens is 354 g/mol. The molecule has 0 radical (unpaired) electrons. The zero-order chi connectivity index (χ0) is 17.9. The summed E-state index contributed by atoms with van der Waals surface area (Å²) in [6, 6.07) is 11.0. The molecule has 0 saturated heterocycles. The second-order valence-corrected chi connectivity index (χ2v) is 7.34. The molecule has 0 unspecified atom stereocenters. The maximum atomic E-state index is 12.4. The predicted octanol–water partition coefficient (Wildman–Crippen LogP) is 2.79. The maximum absolute atomic E-state index is 12.4. The van der Waals surface area contributed by atoms with Gasteiger partial charge < -0.3 is 4.90 Å². The molecule has 0 aromatic heterocycles. The third-order valence-corrected chi connectivity index (χ3v) is 5.25. The molecule has 0 saturated carbocycles. The van der Waals surface area contributed by atoms with Crippen molar-refractivity contribution in [2.24, 2.45) is 0 Å². The second-order valence-electron chi connectivity index (χ2n) is 5.23. The standard InChI is InChI=1S/C15H16ClN3O4S/c1-18(2)12-8-6-11(7-9-12)10-17-24(22,23)15-13(16)4-3-5-14(15)19(20)21/h3-9,17H,10H2,1-2H3. The number of sulfonamides is 1. The number of nitrogens with zero attached hydrogens (tertiary/aromatic N) is 2. The van der Waals surface area contributed by atoms with Gasteiger partial charge in [-0.25, -0.2) is 13.1 Å². The van der Waals surface area contributed by atoms with Crippen LogP contribution in [0.2, 0.25) is 5.02 Å². The Bertz CT molecular complexity index is 852. The van der Waals surface area contributed by atoms with Crippen molar-refractivity contribution in [3.8, 4) is 0 Å². The number of hydrogen-bond donors (Lipinski definition) is 1. The van der Waals surface area contributed by atoms with E-state index in [2.05, 4.69) is 4.72 Å². The number of benzene rings is 2. The molecule has 0 aliphatic rings. The lowest BCUT2D eigenvalue weighted by Crippen LogP contribution is -2.24. The van der Waals surface area contributed by atoms with Gasteiger partial charge in [0.05, 0.1) is 9.95 Å². The highest BCUT2D eigenvalue weighted by Gasteiger charge is 2.28. The summed E-state index contributed by atoms with van der Waals surface area (Å²) >= 11 is 5.87. The first-order valence-electron chi connectivity index (χ1n) is 6.91. The van der Waals surface area contributed by atoms with Gasteiger partial charge in [-0.15, -0.1) is 0 Å². The van der Waals surface area contributed by atoms with Crippen LogP contribution in [0.25, 0.3) is 0 Å². The van der Waals surface area contributed by atoms with E-state index in [4.69, 9.17) is 11.6 Å². The third kappa shape index (κ3) is 4.02. The average Bonchev–Trinajstić information content (AvgIpc) is 2.52. The van der Waals surface area contributed by atoms with Crippen molar-refractivity contribution >= 4 is 33.0 Å². The fourth-order valence-electron chi connectivity index (χ4n) is 2.07. The summed E-state index contributed by atoms with van der Waals surface area (Å²) in [6.07, 6.45) is 0. The van der Waals surface area contributed by atoms with Gasteiger partial charge in [-0.2, -0.15) is 0 Å². The van der Waals surface area contributed by atoms with Crippen molar-refractivity contribution in [3.63, 3.8) is 0 Å². The van der Waals surface area contributed by atoms with Crippen LogP contribution in [0.15, 0.2) is 47.4 Å². The quantitative estimate of drug-likeness (QED) is 0.624. The minimum atomic E-state index is -4.13. The van der Waals surface area contributed by atoms with E-state index in [1.807, 2.05) is 31.1 Å². The molecule has 1 N–H and O–H groups in total. The lowest BCUT2D eigenvalue weighted by molar-refractivity contribution is -0.387. The molecule has 0 heterocycles. The van der Waals surface area contributed by atoms with Crippen LogP contribution in [0.5, 0.6) is 0 Å². The van der Waals surface area contributed by atoms with Crippen LogP contribution in [0.3, 0.4) is 0 Å². The lowest BCUT2D eigenvalue weighted by atomic mass is 10.2.